The molecule has 0 bridgehead atoms. The molecule has 22 heavy (non-hydrogen) atoms. The Balaban J connectivity index is 2.41. The monoisotopic (exact) mass is 337 g/mol. The van der Waals surface area contributed by atoms with Crippen molar-refractivity contribution in [2.75, 3.05) is 6.26 Å². The van der Waals surface area contributed by atoms with Crippen LogP contribution in [0.1, 0.15) is 15.9 Å². The molecular formula is C15H15NO4S2. The lowest BCUT2D eigenvalue weighted by molar-refractivity contribution is 0.0696. The molecule has 0 saturated carbocycles. The van der Waals surface area contributed by atoms with E-state index in [1.807, 2.05) is 6.92 Å². The summed E-state index contributed by atoms with van der Waals surface area (Å²) in [4.78, 5) is 11.7. The molecule has 0 aliphatic heterocycles. The van der Waals surface area contributed by atoms with Crippen molar-refractivity contribution in [3.05, 3.63) is 59.7 Å². The van der Waals surface area contributed by atoms with Crippen LogP contribution < -0.4 is 0 Å². The van der Waals surface area contributed by atoms with Crippen molar-refractivity contribution in [3.8, 4) is 0 Å². The van der Waals surface area contributed by atoms with Crippen LogP contribution in [0.25, 0.3) is 0 Å². The van der Waals surface area contributed by atoms with Gasteiger partial charge in [0.15, 0.2) is 0 Å². The summed E-state index contributed by atoms with van der Waals surface area (Å²) in [5, 5.41) is 8.98. The normalized spacial score (nSPS) is 13.0. The summed E-state index contributed by atoms with van der Waals surface area (Å²) in [6.07, 6.45) is 1.65. The number of hydrogen-bond acceptors (Lipinski definition) is 3. The predicted octanol–water partition coefficient (Wildman–Crippen LogP) is 2.87. The fraction of sp³-hybridized carbons (Fsp3) is 0.133. The van der Waals surface area contributed by atoms with Crippen LogP contribution in [0.4, 0.5) is 0 Å². The molecule has 0 aliphatic carbocycles. The van der Waals surface area contributed by atoms with Gasteiger partial charge >= 0.3 is 5.97 Å². The first-order chi connectivity index (χ1) is 10.3. The van der Waals surface area contributed by atoms with E-state index in [0.29, 0.717) is 4.90 Å². The molecule has 0 unspecified atom stereocenters. The van der Waals surface area contributed by atoms with E-state index in [1.165, 1.54) is 24.3 Å². The average molecular weight is 337 g/mol. The minimum atomic E-state index is -3.77. The molecule has 2 aromatic carbocycles. The van der Waals surface area contributed by atoms with Crippen LogP contribution in [-0.2, 0) is 20.7 Å². The van der Waals surface area contributed by atoms with Gasteiger partial charge in [0.05, 0.1) is 10.5 Å². The highest BCUT2D eigenvalue weighted by molar-refractivity contribution is 7.99. The lowest BCUT2D eigenvalue weighted by Crippen LogP contribution is -2.02. The van der Waals surface area contributed by atoms with E-state index in [1.54, 1.807) is 30.5 Å². The molecule has 2 rings (SSSR count). The smallest absolute Gasteiger partial charge is 0.335 e. The van der Waals surface area contributed by atoms with E-state index in [-0.39, 0.29) is 10.5 Å². The Bertz CT molecular complexity index is 840. The zero-order valence-electron chi connectivity index (χ0n) is 12.1. The van der Waals surface area contributed by atoms with E-state index in [9.17, 15) is 13.2 Å². The Morgan fingerprint density at radius 1 is 1.14 bits per heavy atom. The molecule has 0 aliphatic rings. The van der Waals surface area contributed by atoms with Gasteiger partial charge in [-0.3, -0.25) is 0 Å². The van der Waals surface area contributed by atoms with Crippen LogP contribution in [0.15, 0.2) is 62.1 Å². The Morgan fingerprint density at radius 3 is 2.36 bits per heavy atom. The van der Waals surface area contributed by atoms with Crippen LogP contribution in [0.3, 0.4) is 0 Å². The van der Waals surface area contributed by atoms with Crippen molar-refractivity contribution in [2.24, 2.45) is 3.77 Å². The minimum Gasteiger partial charge on any atom is -0.478 e. The second-order valence-corrected chi connectivity index (χ2v) is 8.12. The van der Waals surface area contributed by atoms with E-state index in [0.717, 1.165) is 5.56 Å². The van der Waals surface area contributed by atoms with Gasteiger partial charge in [-0.1, -0.05) is 34.5 Å². The quantitative estimate of drug-likeness (QED) is 0.930. The topological polar surface area (TPSA) is 83.8 Å². The number of benzene rings is 2. The van der Waals surface area contributed by atoms with E-state index >= 15 is 0 Å². The molecule has 1 atom stereocenters. The third-order valence-electron chi connectivity index (χ3n) is 2.95. The lowest BCUT2D eigenvalue weighted by atomic mass is 10.2. The molecule has 2 aromatic rings. The van der Waals surface area contributed by atoms with Crippen LogP contribution in [-0.4, -0.2) is 25.7 Å². The summed E-state index contributed by atoms with van der Waals surface area (Å²) < 4.78 is 28.4. The summed E-state index contributed by atoms with van der Waals surface area (Å²) in [6, 6.07) is 12.6. The van der Waals surface area contributed by atoms with Gasteiger partial charge in [-0.25, -0.2) is 4.79 Å². The molecule has 7 heteroatoms. The minimum absolute atomic E-state index is 0.111. The van der Waals surface area contributed by atoms with Crippen molar-refractivity contribution in [2.45, 2.75) is 16.7 Å². The second-order valence-electron chi connectivity index (χ2n) is 4.67. The summed E-state index contributed by atoms with van der Waals surface area (Å²) in [5.41, 5.74) is 1.07. The molecule has 0 radical (unpaired) electrons. The highest BCUT2D eigenvalue weighted by atomic mass is 32.3. The fourth-order valence-corrected chi connectivity index (χ4v) is 4.68. The number of carboxylic acid groups (broad SMARTS) is 1. The molecule has 1 N–H and O–H groups in total. The van der Waals surface area contributed by atoms with Crippen LogP contribution >= 0.6 is 0 Å². The van der Waals surface area contributed by atoms with Crippen molar-refractivity contribution < 1.29 is 18.3 Å². The van der Waals surface area contributed by atoms with Gasteiger partial charge in [0.1, 0.15) is 0 Å². The maximum Gasteiger partial charge on any atom is 0.335 e. The first kappa shape index (κ1) is 16.4. The highest BCUT2D eigenvalue weighted by Crippen LogP contribution is 2.17. The van der Waals surface area contributed by atoms with Crippen molar-refractivity contribution in [3.63, 3.8) is 0 Å². The molecule has 0 amide bonds. The Morgan fingerprint density at radius 2 is 1.77 bits per heavy atom. The van der Waals surface area contributed by atoms with E-state index < -0.39 is 26.7 Å². The van der Waals surface area contributed by atoms with Crippen molar-refractivity contribution >= 4 is 26.7 Å². The maximum absolute atomic E-state index is 12.3. The number of rotatable bonds is 4. The molecule has 0 spiro atoms. The molecule has 5 nitrogen and oxygen atoms in total. The number of nitrogens with zero attached hydrogens (tertiary/aromatic N) is 1. The Kier molecular flexibility index (Phi) is 4.77. The van der Waals surface area contributed by atoms with Gasteiger partial charge in [0.25, 0.3) is 10.0 Å². The van der Waals surface area contributed by atoms with Gasteiger partial charge in [-0.05, 0) is 43.5 Å². The summed E-state index contributed by atoms with van der Waals surface area (Å²) >= 11 is 0. The SMILES string of the molecule is Cc1ccc(S(=O)(=O)N=[S@](C)c2cccc(C(=O)O)c2)cc1. The van der Waals surface area contributed by atoms with Gasteiger partial charge in [0, 0.05) is 4.90 Å². The predicted molar refractivity (Wildman–Crippen MR) is 85.7 cm³/mol. The van der Waals surface area contributed by atoms with E-state index in [2.05, 4.69) is 3.77 Å². The fourth-order valence-electron chi connectivity index (χ4n) is 1.76. The third-order valence-corrected chi connectivity index (χ3v) is 6.43. The van der Waals surface area contributed by atoms with Gasteiger partial charge in [-0.2, -0.15) is 8.42 Å². The van der Waals surface area contributed by atoms with Crippen LogP contribution in [0.2, 0.25) is 0 Å². The van der Waals surface area contributed by atoms with Gasteiger partial charge < -0.3 is 5.11 Å². The highest BCUT2D eigenvalue weighted by Gasteiger charge is 2.13. The number of hydrogen-bond donors (Lipinski definition) is 1. The number of carbonyl (C=O) groups is 1. The number of sulfonamides is 1. The largest absolute Gasteiger partial charge is 0.478 e. The van der Waals surface area contributed by atoms with Crippen molar-refractivity contribution in [1.29, 1.82) is 0 Å². The number of aryl methyl sites for hydroxylation is 1. The molecule has 0 heterocycles. The van der Waals surface area contributed by atoms with Crippen LogP contribution in [0.5, 0.6) is 0 Å². The van der Waals surface area contributed by atoms with Gasteiger partial charge in [-0.15, -0.1) is 3.77 Å². The van der Waals surface area contributed by atoms with E-state index in [4.69, 9.17) is 5.11 Å². The average Bonchev–Trinajstić information content (AvgIpc) is 2.47. The number of carboxylic acids is 1. The molecule has 0 saturated heterocycles. The second kappa shape index (κ2) is 6.41. The molecule has 116 valence electrons. The zero-order valence-corrected chi connectivity index (χ0v) is 13.7. The van der Waals surface area contributed by atoms with Crippen molar-refractivity contribution in [1.82, 2.24) is 0 Å². The summed E-state index contributed by atoms with van der Waals surface area (Å²) in [6.45, 7) is 1.87. The zero-order chi connectivity index (χ0) is 16.3. The lowest BCUT2D eigenvalue weighted by Gasteiger charge is -2.05. The maximum atomic E-state index is 12.3. The summed E-state index contributed by atoms with van der Waals surface area (Å²) in [7, 11) is -4.73. The molecule has 0 aromatic heterocycles. The van der Waals surface area contributed by atoms with Gasteiger partial charge in [0.2, 0.25) is 0 Å². The first-order valence-corrected chi connectivity index (χ1v) is 9.37. The summed E-state index contributed by atoms with van der Waals surface area (Å²) in [5.74, 6) is -1.06. The standard InChI is InChI=1S/C15H15NO4S2/c1-11-6-8-14(9-7-11)22(19,20)16-21(2)13-5-3-4-12(10-13)15(17)18/h3-10H,1-2H3,(H,17,18)/t21-/m1/s1. The Labute approximate surface area is 131 Å². The Hall–Kier alpha value is -1.99. The third kappa shape index (κ3) is 3.80. The molecule has 0 fully saturated rings. The van der Waals surface area contributed by atoms with Crippen LogP contribution in [0, 0.1) is 6.92 Å². The molecular weight excluding hydrogens is 322 g/mol. The number of aromatic carboxylic acids is 1. The first-order valence-electron chi connectivity index (χ1n) is 6.34.